The summed E-state index contributed by atoms with van der Waals surface area (Å²) in [5, 5.41) is 0. The van der Waals surface area contributed by atoms with Crippen LogP contribution in [0.5, 0.6) is 0 Å². The van der Waals surface area contributed by atoms with Crippen molar-refractivity contribution in [2.45, 2.75) is 58.8 Å². The van der Waals surface area contributed by atoms with Gasteiger partial charge in [-0.05, 0) is 5.41 Å². The van der Waals surface area contributed by atoms with Crippen LogP contribution in [-0.4, -0.2) is 4.98 Å². The summed E-state index contributed by atoms with van der Waals surface area (Å²) in [6.45, 7) is 13.4. The number of hydrogen-bond acceptors (Lipinski definition) is 0. The minimum atomic E-state index is 0. The summed E-state index contributed by atoms with van der Waals surface area (Å²) in [5.74, 6) is 0. The van der Waals surface area contributed by atoms with Crippen molar-refractivity contribution in [3.63, 3.8) is 0 Å². The fourth-order valence-electron chi connectivity index (χ4n) is 1.84. The van der Waals surface area contributed by atoms with Gasteiger partial charge in [0.1, 0.15) is 0 Å². The zero-order valence-corrected chi connectivity index (χ0v) is 16.8. The van der Waals surface area contributed by atoms with Crippen molar-refractivity contribution in [3.05, 3.63) is 47.8 Å². The number of allylic oxidation sites excluding steroid dienone is 4. The van der Waals surface area contributed by atoms with Crippen molar-refractivity contribution < 1.29 is 46.5 Å². The maximum Gasteiger partial charge on any atom is 4.00 e. The number of aromatic nitrogens is 1. The molecule has 1 aliphatic carbocycles. The predicted molar refractivity (Wildman–Crippen MR) is 78.6 cm³/mol. The van der Waals surface area contributed by atoms with E-state index in [0.29, 0.717) is 0 Å². The van der Waals surface area contributed by atoms with E-state index in [1.54, 1.807) is 0 Å². The smallest absolute Gasteiger partial charge is 1.00 e. The molecule has 0 saturated heterocycles. The zero-order valence-electron chi connectivity index (χ0n) is 13.8. The van der Waals surface area contributed by atoms with Crippen LogP contribution >= 0.6 is 0 Å². The monoisotopic (exact) mass is 361 g/mol. The quantitative estimate of drug-likeness (QED) is 0.437. The fourth-order valence-corrected chi connectivity index (χ4v) is 1.84. The van der Waals surface area contributed by atoms with Gasteiger partial charge in [0, 0.05) is 0 Å². The van der Waals surface area contributed by atoms with Crippen LogP contribution in [0.2, 0.25) is 0 Å². The molecule has 0 unspecified atom stereocenters. The van der Waals surface area contributed by atoms with E-state index in [4.69, 9.17) is 0 Å². The molecule has 1 aliphatic rings. The van der Waals surface area contributed by atoms with Gasteiger partial charge in [-0.25, -0.2) is 12.2 Å². The fraction of sp³-hybridized carbons (Fsp3) is 0.529. The van der Waals surface area contributed by atoms with Crippen LogP contribution < -0.4 is 24.8 Å². The van der Waals surface area contributed by atoms with E-state index in [0.717, 1.165) is 6.42 Å². The molecule has 1 aromatic heterocycles. The number of H-pyrrole nitrogens is 1. The average Bonchev–Trinajstić information content (AvgIpc) is 2.91. The Morgan fingerprint density at radius 3 is 1.81 bits per heavy atom. The van der Waals surface area contributed by atoms with Gasteiger partial charge in [0.2, 0.25) is 0 Å². The van der Waals surface area contributed by atoms with E-state index in [1.165, 1.54) is 11.1 Å². The van der Waals surface area contributed by atoms with Crippen LogP contribution in [0.15, 0.2) is 24.4 Å². The van der Waals surface area contributed by atoms with E-state index in [-0.39, 0.29) is 57.4 Å². The van der Waals surface area contributed by atoms with Gasteiger partial charge in [0.25, 0.3) is 0 Å². The summed E-state index contributed by atoms with van der Waals surface area (Å²) in [4.78, 5) is 3.09. The second-order valence-corrected chi connectivity index (χ2v) is 6.71. The summed E-state index contributed by atoms with van der Waals surface area (Å²) in [6.07, 6.45) is 15.3. The van der Waals surface area contributed by atoms with Crippen molar-refractivity contribution in [2.75, 3.05) is 0 Å². The van der Waals surface area contributed by atoms with E-state index >= 15 is 0 Å². The van der Waals surface area contributed by atoms with E-state index < -0.39 is 0 Å². The summed E-state index contributed by atoms with van der Waals surface area (Å²) < 4.78 is 0. The Morgan fingerprint density at radius 1 is 1.00 bits per heavy atom. The van der Waals surface area contributed by atoms with Crippen molar-refractivity contribution >= 4 is 0 Å². The molecule has 1 aromatic rings. The predicted octanol–water partition coefficient (Wildman–Crippen LogP) is -1.28. The molecular weight excluding hydrogens is 337 g/mol. The van der Waals surface area contributed by atoms with Gasteiger partial charge in [-0.2, -0.15) is 11.6 Å². The summed E-state index contributed by atoms with van der Waals surface area (Å²) in [6, 6.07) is 0. The molecule has 2 rings (SSSR count). The van der Waals surface area contributed by atoms with Crippen LogP contribution in [0.25, 0.3) is 0 Å². The molecule has 0 spiro atoms. The Morgan fingerprint density at radius 2 is 1.57 bits per heavy atom. The Balaban J connectivity index is -0.000000349. The third-order valence-corrected chi connectivity index (χ3v) is 2.83. The summed E-state index contributed by atoms with van der Waals surface area (Å²) in [7, 11) is 0. The summed E-state index contributed by atoms with van der Waals surface area (Å²) >= 11 is 0. The van der Waals surface area contributed by atoms with Crippen LogP contribution in [0.3, 0.4) is 0 Å². The number of nitrogens with one attached hydrogen (secondary N) is 1. The normalized spacial score (nSPS) is 12.5. The maximum atomic E-state index is 3.23. The molecule has 1 heterocycles. The topological polar surface area (TPSA) is 15.8 Å². The largest absolute Gasteiger partial charge is 4.00 e. The van der Waals surface area contributed by atoms with Gasteiger partial charge >= 0.3 is 21.7 Å². The molecule has 0 aliphatic heterocycles. The first-order chi connectivity index (χ1) is 8.23. The average molecular weight is 362 g/mol. The molecule has 4 heteroatoms. The molecule has 0 saturated carbocycles. The molecule has 21 heavy (non-hydrogen) atoms. The van der Waals surface area contributed by atoms with Gasteiger partial charge in [0.15, 0.2) is 0 Å². The third-order valence-electron chi connectivity index (χ3n) is 2.83. The Hall–Kier alpha value is 0.0543. The molecule has 0 amide bonds. The number of halogens is 2. The molecule has 0 bridgehead atoms. The number of aromatic amines is 1. The second-order valence-electron chi connectivity index (χ2n) is 6.71. The van der Waals surface area contributed by atoms with E-state index in [1.807, 2.05) is 12.2 Å². The molecule has 0 aromatic carbocycles. The van der Waals surface area contributed by atoms with E-state index in [2.05, 4.69) is 71.1 Å². The van der Waals surface area contributed by atoms with Crippen molar-refractivity contribution in [1.29, 1.82) is 0 Å². The Labute approximate surface area is 157 Å². The first-order valence-corrected chi connectivity index (χ1v) is 6.54. The first-order valence-electron chi connectivity index (χ1n) is 6.54. The van der Waals surface area contributed by atoms with Gasteiger partial charge in [0.05, 0.1) is 0 Å². The standard InChI is InChI=1S/C12H20N.C5H5.2ClH.Ti/c1-11(2,3)9-7-13-8-10(9)12(4,5)6;1-2-4-5-3-1;;;/h7,13H,1-6H3;1-3H,4H2;2*1H;/q2*-1;;;+4/p-2. The van der Waals surface area contributed by atoms with Crippen LogP contribution in [0, 0.1) is 12.3 Å². The summed E-state index contributed by atoms with van der Waals surface area (Å²) in [5.41, 5.74) is 3.07. The first kappa shape index (κ1) is 26.0. The van der Waals surface area contributed by atoms with Gasteiger partial charge < -0.3 is 29.8 Å². The third kappa shape index (κ3) is 8.93. The van der Waals surface area contributed by atoms with Crippen LogP contribution in [0.4, 0.5) is 0 Å². The molecule has 1 N–H and O–H groups in total. The Kier molecular flexibility index (Phi) is 13.3. The SMILES string of the molecule is CC(C)(C)c1[c-][nH]cc1C(C)(C)C.[C-]1=CC=CC1.[Cl-].[Cl-].[Ti+4]. The van der Waals surface area contributed by atoms with Gasteiger partial charge in [-0.3, -0.25) is 6.08 Å². The molecule has 0 fully saturated rings. The van der Waals surface area contributed by atoms with Crippen LogP contribution in [0.1, 0.15) is 59.1 Å². The molecule has 0 atom stereocenters. The van der Waals surface area contributed by atoms with E-state index in [9.17, 15) is 0 Å². The minimum absolute atomic E-state index is 0. The van der Waals surface area contributed by atoms with Crippen LogP contribution in [-0.2, 0) is 32.5 Å². The molecule has 0 radical (unpaired) electrons. The van der Waals surface area contributed by atoms with Crippen molar-refractivity contribution in [1.82, 2.24) is 4.98 Å². The number of rotatable bonds is 0. The molecule has 116 valence electrons. The minimum Gasteiger partial charge on any atom is -1.00 e. The maximum absolute atomic E-state index is 3.23. The molecule has 1 nitrogen and oxygen atoms in total. The van der Waals surface area contributed by atoms with Crippen molar-refractivity contribution in [3.8, 4) is 0 Å². The van der Waals surface area contributed by atoms with Gasteiger partial charge in [-0.15, -0.1) is 24.4 Å². The van der Waals surface area contributed by atoms with Gasteiger partial charge in [-0.1, -0.05) is 47.0 Å². The Bertz CT molecular complexity index is 396. The zero-order chi connectivity index (χ0) is 13.8. The molecular formula is C17H25Cl2NTi. The number of hydrogen-bond donors (Lipinski definition) is 1. The second kappa shape index (κ2) is 10.7. The van der Waals surface area contributed by atoms with Crippen molar-refractivity contribution in [2.24, 2.45) is 0 Å².